The number of esters is 4. The van der Waals surface area contributed by atoms with E-state index < -0.39 is 79.8 Å². The topological polar surface area (TPSA) is 217 Å². The minimum absolute atomic E-state index is 0.00494. The average molecular weight is 629 g/mol. The maximum atomic E-state index is 12.4. The van der Waals surface area contributed by atoms with Crippen LogP contribution in [0.15, 0.2) is 0 Å². The molecule has 0 aromatic carbocycles. The predicted molar refractivity (Wildman–Crippen MR) is 151 cm³/mol. The molecule has 0 heterocycles. The van der Waals surface area contributed by atoms with E-state index in [1.807, 2.05) is 0 Å². The van der Waals surface area contributed by atoms with Crippen LogP contribution in [0.5, 0.6) is 0 Å². The predicted octanol–water partition coefficient (Wildman–Crippen LogP) is 1.30. The van der Waals surface area contributed by atoms with E-state index in [0.717, 1.165) is 0 Å². The van der Waals surface area contributed by atoms with E-state index in [2.05, 4.69) is 5.92 Å². The highest BCUT2D eigenvalue weighted by Crippen LogP contribution is 2.26. The number of hydrogen-bond donors (Lipinski definition) is 3. The largest absolute Gasteiger partial charge is 0.481 e. The third kappa shape index (κ3) is 18.0. The van der Waals surface area contributed by atoms with Crippen molar-refractivity contribution in [2.45, 2.75) is 84.5 Å². The Morgan fingerprint density at radius 1 is 0.636 bits per heavy atom. The van der Waals surface area contributed by atoms with Crippen molar-refractivity contribution in [2.24, 2.45) is 10.8 Å². The SMILES string of the molecule is C#CCCC(=O)CCC(=O)CCC(CO)(CO)COC(=O)CCC(=O)OCC(CC)(COC(C)=O)COC(=O)CCC(=O)O. The third-order valence-electron chi connectivity index (χ3n) is 6.86. The van der Waals surface area contributed by atoms with Gasteiger partial charge in [-0.2, -0.15) is 0 Å². The van der Waals surface area contributed by atoms with E-state index in [-0.39, 0.29) is 76.3 Å². The number of carbonyl (C=O) groups excluding carboxylic acids is 6. The zero-order valence-corrected chi connectivity index (χ0v) is 25.4. The van der Waals surface area contributed by atoms with Crippen LogP contribution in [-0.2, 0) is 52.5 Å². The van der Waals surface area contributed by atoms with Crippen molar-refractivity contribution in [2.75, 3.05) is 39.6 Å². The van der Waals surface area contributed by atoms with Gasteiger partial charge in [-0.15, -0.1) is 12.3 Å². The van der Waals surface area contributed by atoms with Crippen LogP contribution in [-0.4, -0.2) is 96.4 Å². The molecule has 3 N–H and O–H groups in total. The van der Waals surface area contributed by atoms with Crippen LogP contribution in [0.2, 0.25) is 0 Å². The van der Waals surface area contributed by atoms with Crippen LogP contribution in [0.1, 0.15) is 84.5 Å². The van der Waals surface area contributed by atoms with Gasteiger partial charge >= 0.3 is 29.8 Å². The molecule has 14 heteroatoms. The summed E-state index contributed by atoms with van der Waals surface area (Å²) in [4.78, 5) is 82.4. The number of ketones is 2. The molecule has 1 unspecified atom stereocenters. The molecule has 0 saturated heterocycles. The van der Waals surface area contributed by atoms with E-state index in [1.165, 1.54) is 6.92 Å². The second-order valence-electron chi connectivity index (χ2n) is 10.6. The molecular formula is C30H44O14. The van der Waals surface area contributed by atoms with Gasteiger partial charge < -0.3 is 34.3 Å². The standard InChI is InChI=1S/C30H44O14/c1-4-6-7-23(34)8-9-24(35)14-15-30(16-31,17-32)21-44-28(40)13-12-27(39)43-20-29(5-2,18-41-22(3)33)19-42-26(38)11-10-25(36)37/h1,31-32H,5-21H2,2-3H3,(H,36,37). The van der Waals surface area contributed by atoms with Gasteiger partial charge in [0.05, 0.1) is 49.7 Å². The van der Waals surface area contributed by atoms with Crippen molar-refractivity contribution in [1.82, 2.24) is 0 Å². The van der Waals surface area contributed by atoms with Crippen LogP contribution in [0.25, 0.3) is 0 Å². The molecule has 0 radical (unpaired) electrons. The Kier molecular flexibility index (Phi) is 19.9. The van der Waals surface area contributed by atoms with Gasteiger partial charge in [0, 0.05) is 39.0 Å². The number of aliphatic hydroxyl groups excluding tert-OH is 2. The van der Waals surface area contributed by atoms with Gasteiger partial charge in [-0.05, 0) is 12.8 Å². The fourth-order valence-electron chi connectivity index (χ4n) is 3.53. The summed E-state index contributed by atoms with van der Waals surface area (Å²) in [5, 5.41) is 28.3. The number of carboxylic acid groups (broad SMARTS) is 1. The van der Waals surface area contributed by atoms with Gasteiger partial charge in [0.1, 0.15) is 38.0 Å². The Bertz CT molecular complexity index is 1020. The molecule has 0 aliphatic carbocycles. The number of carbonyl (C=O) groups is 7. The highest BCUT2D eigenvalue weighted by atomic mass is 16.6. The molecule has 0 aliphatic heterocycles. The molecule has 0 spiro atoms. The molecule has 0 bridgehead atoms. The van der Waals surface area contributed by atoms with Gasteiger partial charge in [0.15, 0.2) is 0 Å². The Hall–Kier alpha value is -3.83. The van der Waals surface area contributed by atoms with Crippen molar-refractivity contribution in [3.05, 3.63) is 0 Å². The van der Waals surface area contributed by atoms with Crippen LogP contribution in [0.3, 0.4) is 0 Å². The molecule has 14 nitrogen and oxygen atoms in total. The molecule has 248 valence electrons. The Labute approximate surface area is 256 Å². The Morgan fingerprint density at radius 2 is 1.07 bits per heavy atom. The summed E-state index contributed by atoms with van der Waals surface area (Å²) in [5.41, 5.74) is -2.42. The first-order valence-corrected chi connectivity index (χ1v) is 14.3. The quantitative estimate of drug-likeness (QED) is 0.0738. The van der Waals surface area contributed by atoms with Crippen molar-refractivity contribution in [3.8, 4) is 12.3 Å². The van der Waals surface area contributed by atoms with Gasteiger partial charge in [-0.25, -0.2) is 0 Å². The van der Waals surface area contributed by atoms with Crippen molar-refractivity contribution in [3.63, 3.8) is 0 Å². The zero-order chi connectivity index (χ0) is 33.6. The monoisotopic (exact) mass is 628 g/mol. The molecule has 0 aliphatic rings. The molecule has 1 atom stereocenters. The summed E-state index contributed by atoms with van der Waals surface area (Å²) >= 11 is 0. The summed E-state index contributed by atoms with van der Waals surface area (Å²) in [6.07, 6.45) is 4.19. The van der Waals surface area contributed by atoms with E-state index in [4.69, 9.17) is 30.5 Å². The molecular weight excluding hydrogens is 584 g/mol. The number of aliphatic hydroxyl groups is 2. The summed E-state index contributed by atoms with van der Waals surface area (Å²) in [5.74, 6) is -2.27. The smallest absolute Gasteiger partial charge is 0.306 e. The van der Waals surface area contributed by atoms with Crippen LogP contribution in [0.4, 0.5) is 0 Å². The Morgan fingerprint density at radius 3 is 1.48 bits per heavy atom. The maximum Gasteiger partial charge on any atom is 0.306 e. The Balaban J connectivity index is 4.86. The molecule has 0 saturated carbocycles. The van der Waals surface area contributed by atoms with Gasteiger partial charge in [-0.1, -0.05) is 6.92 Å². The van der Waals surface area contributed by atoms with Gasteiger partial charge in [-0.3, -0.25) is 33.6 Å². The zero-order valence-electron chi connectivity index (χ0n) is 25.4. The van der Waals surface area contributed by atoms with E-state index in [9.17, 15) is 43.8 Å². The molecule has 0 amide bonds. The van der Waals surface area contributed by atoms with E-state index in [1.54, 1.807) is 6.92 Å². The van der Waals surface area contributed by atoms with Gasteiger partial charge in [0.2, 0.25) is 0 Å². The van der Waals surface area contributed by atoms with Gasteiger partial charge in [0.25, 0.3) is 0 Å². The normalized spacial score (nSPS) is 12.2. The average Bonchev–Trinajstić information content (AvgIpc) is 3.00. The lowest BCUT2D eigenvalue weighted by atomic mass is 9.84. The number of ether oxygens (including phenoxy) is 4. The lowest BCUT2D eigenvalue weighted by molar-refractivity contribution is -0.164. The van der Waals surface area contributed by atoms with Crippen molar-refractivity contribution in [1.29, 1.82) is 0 Å². The highest BCUT2D eigenvalue weighted by molar-refractivity contribution is 5.86. The second kappa shape index (κ2) is 21.8. The van der Waals surface area contributed by atoms with Crippen molar-refractivity contribution >= 4 is 41.4 Å². The first-order valence-electron chi connectivity index (χ1n) is 14.3. The van der Waals surface area contributed by atoms with Crippen molar-refractivity contribution < 1.29 is 67.8 Å². The number of rotatable bonds is 25. The van der Waals surface area contributed by atoms with E-state index in [0.29, 0.717) is 6.42 Å². The first kappa shape index (κ1) is 40.2. The molecule has 0 fully saturated rings. The first-order chi connectivity index (χ1) is 20.8. The number of Topliss-reactive ketones (excluding diaryl/α,β-unsaturated/α-hetero) is 2. The summed E-state index contributed by atoms with van der Waals surface area (Å²) < 4.78 is 20.6. The van der Waals surface area contributed by atoms with Crippen LogP contribution in [0, 0.1) is 23.2 Å². The minimum atomic E-state index is -1.31. The maximum absolute atomic E-state index is 12.4. The molecule has 0 aromatic rings. The second-order valence-corrected chi connectivity index (χ2v) is 10.6. The number of hydrogen-bond acceptors (Lipinski definition) is 13. The number of aliphatic carboxylic acids is 1. The van der Waals surface area contributed by atoms with E-state index >= 15 is 0 Å². The highest BCUT2D eigenvalue weighted by Gasteiger charge is 2.34. The fraction of sp³-hybridized carbons (Fsp3) is 0.700. The van der Waals surface area contributed by atoms with Crippen LogP contribution >= 0.6 is 0 Å². The summed E-state index contributed by atoms with van der Waals surface area (Å²) in [6, 6.07) is 0. The van der Waals surface area contributed by atoms with Crippen LogP contribution < -0.4 is 0 Å². The molecule has 0 aromatic heterocycles. The molecule has 44 heavy (non-hydrogen) atoms. The lowest BCUT2D eigenvalue weighted by Gasteiger charge is -2.31. The minimum Gasteiger partial charge on any atom is -0.481 e. The summed E-state index contributed by atoms with van der Waals surface area (Å²) in [6.45, 7) is 0.348. The fourth-order valence-corrected chi connectivity index (χ4v) is 3.53. The number of carboxylic acids is 1. The number of terminal acetylenes is 1. The molecule has 0 rings (SSSR count). The third-order valence-corrected chi connectivity index (χ3v) is 6.86. The lowest BCUT2D eigenvalue weighted by Crippen LogP contribution is -2.39. The summed E-state index contributed by atoms with van der Waals surface area (Å²) in [7, 11) is 0.